The molecule has 110 valence electrons. The Morgan fingerprint density at radius 1 is 1.10 bits per heavy atom. The summed E-state index contributed by atoms with van der Waals surface area (Å²) in [5, 5.41) is 3.51. The van der Waals surface area contributed by atoms with Gasteiger partial charge in [0.1, 0.15) is 19.0 Å². The molecule has 4 rings (SSSR count). The minimum absolute atomic E-state index is 0.352. The fraction of sp³-hybridized carbons (Fsp3) is 0.438. The molecule has 1 unspecified atom stereocenters. The molecule has 0 aliphatic carbocycles. The number of rotatable bonds is 2. The first kappa shape index (κ1) is 12.7. The molecule has 1 atom stereocenters. The summed E-state index contributed by atoms with van der Waals surface area (Å²) in [6.45, 7) is 2.30. The summed E-state index contributed by atoms with van der Waals surface area (Å²) in [5.74, 6) is 2.66. The van der Waals surface area contributed by atoms with Crippen LogP contribution < -0.4 is 14.8 Å². The van der Waals surface area contributed by atoms with E-state index in [0.717, 1.165) is 41.5 Å². The summed E-state index contributed by atoms with van der Waals surface area (Å²) >= 11 is 0. The second kappa shape index (κ2) is 5.41. The molecule has 3 heterocycles. The van der Waals surface area contributed by atoms with Crippen LogP contribution in [0.5, 0.6) is 11.5 Å². The fourth-order valence-electron chi connectivity index (χ4n) is 2.96. The van der Waals surface area contributed by atoms with Crippen molar-refractivity contribution in [2.24, 2.45) is 0 Å². The summed E-state index contributed by atoms with van der Waals surface area (Å²) in [7, 11) is 0. The average Bonchev–Trinajstić information content (AvgIpc) is 3.05. The monoisotopic (exact) mass is 285 g/mol. The molecule has 2 aliphatic heterocycles. The third-order valence-corrected chi connectivity index (χ3v) is 4.09. The van der Waals surface area contributed by atoms with Gasteiger partial charge in [-0.25, -0.2) is 4.98 Å². The highest BCUT2D eigenvalue weighted by Crippen LogP contribution is 2.34. The van der Waals surface area contributed by atoms with Gasteiger partial charge in [-0.05, 0) is 37.6 Å². The first-order valence-electron chi connectivity index (χ1n) is 7.58. The van der Waals surface area contributed by atoms with Crippen molar-refractivity contribution >= 4 is 0 Å². The van der Waals surface area contributed by atoms with Crippen LogP contribution in [0.25, 0.3) is 11.3 Å². The highest BCUT2D eigenvalue weighted by Gasteiger charge is 2.18. The van der Waals surface area contributed by atoms with E-state index in [2.05, 4.69) is 15.3 Å². The maximum absolute atomic E-state index is 5.64. The van der Waals surface area contributed by atoms with Crippen molar-refractivity contribution < 1.29 is 9.47 Å². The van der Waals surface area contributed by atoms with E-state index in [-0.39, 0.29) is 0 Å². The van der Waals surface area contributed by atoms with Crippen LogP contribution in [0.4, 0.5) is 0 Å². The van der Waals surface area contributed by atoms with Crippen LogP contribution in [-0.2, 0) is 0 Å². The van der Waals surface area contributed by atoms with E-state index >= 15 is 0 Å². The van der Waals surface area contributed by atoms with E-state index < -0.39 is 0 Å². The van der Waals surface area contributed by atoms with Crippen LogP contribution in [0, 0.1) is 0 Å². The molecule has 0 spiro atoms. The number of nitrogens with zero attached hydrogens (tertiary/aromatic N) is 1. The zero-order valence-corrected chi connectivity index (χ0v) is 11.9. The van der Waals surface area contributed by atoms with Gasteiger partial charge in [-0.2, -0.15) is 0 Å². The summed E-state index contributed by atoms with van der Waals surface area (Å²) in [6, 6.07) is 6.37. The van der Waals surface area contributed by atoms with E-state index in [1.807, 2.05) is 24.4 Å². The van der Waals surface area contributed by atoms with E-state index in [9.17, 15) is 0 Å². The van der Waals surface area contributed by atoms with Gasteiger partial charge in [-0.15, -0.1) is 0 Å². The number of hydrogen-bond acceptors (Lipinski definition) is 4. The van der Waals surface area contributed by atoms with Crippen molar-refractivity contribution in [1.29, 1.82) is 0 Å². The van der Waals surface area contributed by atoms with Crippen LogP contribution in [-0.4, -0.2) is 29.7 Å². The lowest BCUT2D eigenvalue weighted by Gasteiger charge is -2.21. The Morgan fingerprint density at radius 3 is 2.86 bits per heavy atom. The van der Waals surface area contributed by atoms with Gasteiger partial charge < -0.3 is 19.8 Å². The standard InChI is InChI=1S/C16H19N3O2/c1-2-6-17-12(3-1)16-18-10-13(19-16)11-4-5-14-15(9-11)21-8-7-20-14/h4-5,9-10,12,17H,1-3,6-8H2,(H,18,19). The van der Waals surface area contributed by atoms with E-state index in [1.165, 1.54) is 12.8 Å². The molecule has 5 nitrogen and oxygen atoms in total. The Bertz CT molecular complexity index is 632. The maximum Gasteiger partial charge on any atom is 0.162 e. The minimum Gasteiger partial charge on any atom is -0.486 e. The number of piperidine rings is 1. The number of benzene rings is 1. The molecule has 0 amide bonds. The van der Waals surface area contributed by atoms with E-state index in [0.29, 0.717) is 19.3 Å². The largest absolute Gasteiger partial charge is 0.486 e. The third-order valence-electron chi connectivity index (χ3n) is 4.09. The van der Waals surface area contributed by atoms with Crippen LogP contribution in [0.2, 0.25) is 0 Å². The van der Waals surface area contributed by atoms with Gasteiger partial charge in [0.2, 0.25) is 0 Å². The average molecular weight is 285 g/mol. The van der Waals surface area contributed by atoms with Crippen molar-refractivity contribution in [3.05, 3.63) is 30.2 Å². The third kappa shape index (κ3) is 2.49. The second-order valence-electron chi connectivity index (χ2n) is 5.54. The second-order valence-corrected chi connectivity index (χ2v) is 5.54. The van der Waals surface area contributed by atoms with Crippen molar-refractivity contribution in [3.63, 3.8) is 0 Å². The number of fused-ring (bicyclic) bond motifs is 1. The van der Waals surface area contributed by atoms with Gasteiger partial charge in [-0.1, -0.05) is 6.42 Å². The number of aromatic amines is 1. The highest BCUT2D eigenvalue weighted by molar-refractivity contribution is 5.63. The van der Waals surface area contributed by atoms with E-state index in [1.54, 1.807) is 0 Å². The summed E-state index contributed by atoms with van der Waals surface area (Å²) in [6.07, 6.45) is 5.56. The van der Waals surface area contributed by atoms with Crippen LogP contribution in [0.3, 0.4) is 0 Å². The number of H-pyrrole nitrogens is 1. The molecule has 1 fully saturated rings. The van der Waals surface area contributed by atoms with E-state index in [4.69, 9.17) is 9.47 Å². The fourth-order valence-corrected chi connectivity index (χ4v) is 2.96. The molecule has 2 aromatic rings. The lowest BCUT2D eigenvalue weighted by atomic mass is 10.0. The first-order valence-corrected chi connectivity index (χ1v) is 7.58. The van der Waals surface area contributed by atoms with Gasteiger partial charge in [0.05, 0.1) is 17.9 Å². The van der Waals surface area contributed by atoms with Gasteiger partial charge in [0, 0.05) is 5.56 Å². The molecule has 1 saturated heterocycles. The molecule has 2 N–H and O–H groups in total. The summed E-state index contributed by atoms with van der Waals surface area (Å²) in [4.78, 5) is 7.97. The normalized spacial score (nSPS) is 21.2. The molecule has 0 saturated carbocycles. The highest BCUT2D eigenvalue weighted by atomic mass is 16.6. The molecule has 0 bridgehead atoms. The Labute approximate surface area is 123 Å². The molecular weight excluding hydrogens is 266 g/mol. The number of hydrogen-bond donors (Lipinski definition) is 2. The van der Waals surface area contributed by atoms with Crippen molar-refractivity contribution in [2.45, 2.75) is 25.3 Å². The molecule has 0 radical (unpaired) electrons. The molecule has 1 aromatic carbocycles. The Kier molecular flexibility index (Phi) is 3.27. The maximum atomic E-state index is 5.64. The first-order chi connectivity index (χ1) is 10.4. The lowest BCUT2D eigenvalue weighted by molar-refractivity contribution is 0.171. The summed E-state index contributed by atoms with van der Waals surface area (Å²) < 4.78 is 11.2. The predicted octanol–water partition coefficient (Wildman–Crippen LogP) is 2.66. The number of aromatic nitrogens is 2. The minimum atomic E-state index is 0.352. The van der Waals surface area contributed by atoms with Gasteiger partial charge in [0.25, 0.3) is 0 Å². The summed E-state index contributed by atoms with van der Waals surface area (Å²) in [5.41, 5.74) is 2.10. The van der Waals surface area contributed by atoms with Gasteiger partial charge in [-0.3, -0.25) is 0 Å². The number of nitrogens with one attached hydrogen (secondary N) is 2. The van der Waals surface area contributed by atoms with Crippen LogP contribution in [0.1, 0.15) is 31.1 Å². The molecule has 21 heavy (non-hydrogen) atoms. The van der Waals surface area contributed by atoms with Crippen molar-refractivity contribution in [1.82, 2.24) is 15.3 Å². The number of imidazole rings is 1. The van der Waals surface area contributed by atoms with Crippen molar-refractivity contribution in [2.75, 3.05) is 19.8 Å². The zero-order valence-electron chi connectivity index (χ0n) is 11.9. The van der Waals surface area contributed by atoms with Crippen LogP contribution in [0.15, 0.2) is 24.4 Å². The van der Waals surface area contributed by atoms with Crippen molar-refractivity contribution in [3.8, 4) is 22.8 Å². The lowest BCUT2D eigenvalue weighted by Crippen LogP contribution is -2.27. The molecule has 2 aliphatic rings. The number of ether oxygens (including phenoxy) is 2. The Morgan fingerprint density at radius 2 is 2.00 bits per heavy atom. The SMILES string of the molecule is c1cc2c(cc1-c1cnc(C3CCCCN3)[nH]1)OCCO2. The predicted molar refractivity (Wildman–Crippen MR) is 79.6 cm³/mol. The van der Waals surface area contributed by atoms with Gasteiger partial charge >= 0.3 is 0 Å². The zero-order chi connectivity index (χ0) is 14.1. The topological polar surface area (TPSA) is 59.2 Å². The molecular formula is C16H19N3O2. The Balaban J connectivity index is 1.60. The van der Waals surface area contributed by atoms with Crippen LogP contribution >= 0.6 is 0 Å². The molecule has 5 heteroatoms. The quantitative estimate of drug-likeness (QED) is 0.890. The van der Waals surface area contributed by atoms with Gasteiger partial charge in [0.15, 0.2) is 11.5 Å². The Hall–Kier alpha value is -2.01. The molecule has 1 aromatic heterocycles. The smallest absolute Gasteiger partial charge is 0.162 e.